The summed E-state index contributed by atoms with van der Waals surface area (Å²) in [6.45, 7) is 0.328. The summed E-state index contributed by atoms with van der Waals surface area (Å²) in [5, 5.41) is 3.61. The summed E-state index contributed by atoms with van der Waals surface area (Å²) < 4.78 is 26.6. The van der Waals surface area contributed by atoms with Gasteiger partial charge in [-0.3, -0.25) is 4.79 Å². The third kappa shape index (κ3) is 3.45. The molecule has 0 aliphatic carbocycles. The minimum absolute atomic E-state index is 0.118. The van der Waals surface area contributed by atoms with Crippen molar-refractivity contribution in [3.63, 3.8) is 0 Å². The van der Waals surface area contributed by atoms with E-state index in [9.17, 15) is 13.2 Å². The van der Waals surface area contributed by atoms with Gasteiger partial charge in [0, 0.05) is 5.56 Å². The molecule has 8 heteroatoms. The summed E-state index contributed by atoms with van der Waals surface area (Å²) in [4.78, 5) is 16.7. The van der Waals surface area contributed by atoms with E-state index >= 15 is 0 Å². The van der Waals surface area contributed by atoms with Gasteiger partial charge in [-0.15, -0.1) is 11.3 Å². The van der Waals surface area contributed by atoms with Gasteiger partial charge in [0.25, 0.3) is 5.91 Å². The SMILES string of the molecule is CNS(=O)(=O)c1ccc(C(=O)NCc2nc3ccccc3s2)cc1. The number of aromatic nitrogens is 1. The minimum Gasteiger partial charge on any atom is -0.346 e. The highest BCUT2D eigenvalue weighted by atomic mass is 32.2. The summed E-state index contributed by atoms with van der Waals surface area (Å²) >= 11 is 1.53. The largest absolute Gasteiger partial charge is 0.346 e. The van der Waals surface area contributed by atoms with Crippen LogP contribution in [-0.4, -0.2) is 26.4 Å². The van der Waals surface area contributed by atoms with Crippen molar-refractivity contribution in [2.45, 2.75) is 11.4 Å². The average molecular weight is 361 g/mol. The van der Waals surface area contributed by atoms with Gasteiger partial charge in [-0.2, -0.15) is 0 Å². The molecular weight excluding hydrogens is 346 g/mol. The molecule has 0 bridgehead atoms. The molecule has 3 rings (SSSR count). The molecule has 0 unspecified atom stereocenters. The third-order valence-corrected chi connectivity index (χ3v) is 5.90. The van der Waals surface area contributed by atoms with Crippen molar-refractivity contribution in [2.24, 2.45) is 0 Å². The first-order valence-electron chi connectivity index (χ1n) is 7.16. The molecule has 0 aliphatic heterocycles. The Bertz CT molecular complexity index is 946. The summed E-state index contributed by atoms with van der Waals surface area (Å²) in [6, 6.07) is 13.6. The van der Waals surface area contributed by atoms with Gasteiger partial charge in [0.15, 0.2) is 0 Å². The number of carbonyl (C=O) groups excluding carboxylic acids is 1. The zero-order valence-corrected chi connectivity index (χ0v) is 14.4. The molecule has 24 heavy (non-hydrogen) atoms. The molecule has 0 fully saturated rings. The second-order valence-electron chi connectivity index (χ2n) is 4.99. The monoisotopic (exact) mass is 361 g/mol. The van der Waals surface area contributed by atoms with Crippen molar-refractivity contribution in [2.75, 3.05) is 7.05 Å². The number of hydrogen-bond acceptors (Lipinski definition) is 5. The lowest BCUT2D eigenvalue weighted by molar-refractivity contribution is 0.0951. The lowest BCUT2D eigenvalue weighted by Crippen LogP contribution is -2.23. The van der Waals surface area contributed by atoms with E-state index in [0.717, 1.165) is 15.2 Å². The van der Waals surface area contributed by atoms with Crippen LogP contribution in [0.3, 0.4) is 0 Å². The minimum atomic E-state index is -3.50. The average Bonchev–Trinajstić information content (AvgIpc) is 3.02. The van der Waals surface area contributed by atoms with Crippen LogP contribution in [-0.2, 0) is 16.6 Å². The van der Waals surface area contributed by atoms with Crippen LogP contribution < -0.4 is 10.0 Å². The van der Waals surface area contributed by atoms with Gasteiger partial charge >= 0.3 is 0 Å². The third-order valence-electron chi connectivity index (χ3n) is 3.43. The van der Waals surface area contributed by atoms with E-state index in [1.807, 2.05) is 24.3 Å². The summed E-state index contributed by atoms with van der Waals surface area (Å²) in [6.07, 6.45) is 0. The Hall–Kier alpha value is -2.29. The van der Waals surface area contributed by atoms with Crippen molar-refractivity contribution >= 4 is 37.5 Å². The fraction of sp³-hybridized carbons (Fsp3) is 0.125. The van der Waals surface area contributed by atoms with Crippen molar-refractivity contribution in [1.29, 1.82) is 0 Å². The van der Waals surface area contributed by atoms with Crippen LogP contribution in [0.15, 0.2) is 53.4 Å². The molecule has 1 aromatic heterocycles. The quantitative estimate of drug-likeness (QED) is 0.729. The molecule has 6 nitrogen and oxygen atoms in total. The molecule has 2 aromatic carbocycles. The van der Waals surface area contributed by atoms with E-state index in [0.29, 0.717) is 12.1 Å². The van der Waals surface area contributed by atoms with Gasteiger partial charge in [0.2, 0.25) is 10.0 Å². The summed E-state index contributed by atoms with van der Waals surface area (Å²) in [5.74, 6) is -0.275. The molecule has 0 radical (unpaired) electrons. The first-order valence-corrected chi connectivity index (χ1v) is 9.46. The maximum atomic E-state index is 12.2. The topological polar surface area (TPSA) is 88.2 Å². The molecule has 3 aromatic rings. The number of carbonyl (C=O) groups is 1. The number of nitrogens with one attached hydrogen (secondary N) is 2. The molecule has 1 heterocycles. The van der Waals surface area contributed by atoms with Gasteiger partial charge in [-0.25, -0.2) is 18.1 Å². The molecule has 0 aliphatic rings. The van der Waals surface area contributed by atoms with Crippen molar-refractivity contribution in [3.05, 3.63) is 59.1 Å². The predicted octanol–water partition coefficient (Wildman–Crippen LogP) is 2.13. The number of rotatable bonds is 5. The van der Waals surface area contributed by atoms with E-state index in [-0.39, 0.29) is 10.8 Å². The highest BCUT2D eigenvalue weighted by Gasteiger charge is 2.13. The Kier molecular flexibility index (Phi) is 4.61. The standard InChI is InChI=1S/C16H15N3O3S2/c1-17-24(21,22)12-8-6-11(7-9-12)16(20)18-10-15-19-13-4-2-3-5-14(13)23-15/h2-9,17H,10H2,1H3,(H,18,20). The number of fused-ring (bicyclic) bond motifs is 1. The Labute approximate surface area is 143 Å². The zero-order chi connectivity index (χ0) is 17.2. The molecule has 0 saturated carbocycles. The normalized spacial score (nSPS) is 11.5. The number of hydrogen-bond donors (Lipinski definition) is 2. The number of amides is 1. The predicted molar refractivity (Wildman–Crippen MR) is 93.5 cm³/mol. The molecular formula is C16H15N3O3S2. The maximum Gasteiger partial charge on any atom is 0.251 e. The Morgan fingerprint density at radius 3 is 2.50 bits per heavy atom. The van der Waals surface area contributed by atoms with E-state index < -0.39 is 10.0 Å². The van der Waals surface area contributed by atoms with Crippen LogP contribution in [0.4, 0.5) is 0 Å². The lowest BCUT2D eigenvalue weighted by Gasteiger charge is -2.05. The fourth-order valence-corrected chi connectivity index (χ4v) is 3.79. The second-order valence-corrected chi connectivity index (χ2v) is 7.99. The van der Waals surface area contributed by atoms with Gasteiger partial charge in [0.05, 0.1) is 21.7 Å². The number of benzene rings is 2. The lowest BCUT2D eigenvalue weighted by atomic mass is 10.2. The highest BCUT2D eigenvalue weighted by Crippen LogP contribution is 2.21. The Morgan fingerprint density at radius 2 is 1.83 bits per heavy atom. The van der Waals surface area contributed by atoms with Gasteiger partial charge in [-0.05, 0) is 43.4 Å². The van der Waals surface area contributed by atoms with Crippen molar-refractivity contribution in [3.8, 4) is 0 Å². The number of sulfonamides is 1. The maximum absolute atomic E-state index is 12.2. The molecule has 0 saturated heterocycles. The zero-order valence-electron chi connectivity index (χ0n) is 12.8. The van der Waals surface area contributed by atoms with Crippen LogP contribution in [0.5, 0.6) is 0 Å². The van der Waals surface area contributed by atoms with E-state index in [1.54, 1.807) is 0 Å². The van der Waals surface area contributed by atoms with Gasteiger partial charge in [-0.1, -0.05) is 12.1 Å². The van der Waals surface area contributed by atoms with Crippen LogP contribution in [0, 0.1) is 0 Å². The number of thiazole rings is 1. The highest BCUT2D eigenvalue weighted by molar-refractivity contribution is 7.89. The fourth-order valence-electron chi connectivity index (χ4n) is 2.16. The molecule has 1 amide bonds. The van der Waals surface area contributed by atoms with Crippen molar-refractivity contribution < 1.29 is 13.2 Å². The number of para-hydroxylation sites is 1. The van der Waals surface area contributed by atoms with Crippen LogP contribution >= 0.6 is 11.3 Å². The molecule has 124 valence electrons. The Balaban J connectivity index is 1.68. The molecule has 0 spiro atoms. The first-order chi connectivity index (χ1) is 11.5. The van der Waals surface area contributed by atoms with Crippen molar-refractivity contribution in [1.82, 2.24) is 15.0 Å². The van der Waals surface area contributed by atoms with Crippen LogP contribution in [0.1, 0.15) is 15.4 Å². The van der Waals surface area contributed by atoms with E-state index in [2.05, 4.69) is 15.0 Å². The summed E-state index contributed by atoms with van der Waals surface area (Å²) in [7, 11) is -2.16. The van der Waals surface area contributed by atoms with Crippen LogP contribution in [0.2, 0.25) is 0 Å². The van der Waals surface area contributed by atoms with Gasteiger partial charge in [0.1, 0.15) is 5.01 Å². The smallest absolute Gasteiger partial charge is 0.251 e. The molecule has 2 N–H and O–H groups in total. The van der Waals surface area contributed by atoms with Crippen LogP contribution in [0.25, 0.3) is 10.2 Å². The number of nitrogens with zero attached hydrogens (tertiary/aromatic N) is 1. The van der Waals surface area contributed by atoms with E-state index in [4.69, 9.17) is 0 Å². The summed E-state index contributed by atoms with van der Waals surface area (Å²) in [5.41, 5.74) is 1.31. The second kappa shape index (κ2) is 6.68. The van der Waals surface area contributed by atoms with Gasteiger partial charge < -0.3 is 5.32 Å². The first kappa shape index (κ1) is 16.6. The molecule has 0 atom stereocenters. The van der Waals surface area contributed by atoms with E-state index in [1.165, 1.54) is 42.6 Å². The Morgan fingerprint density at radius 1 is 1.12 bits per heavy atom.